The first-order chi connectivity index (χ1) is 11.5. The van der Waals surface area contributed by atoms with Crippen molar-refractivity contribution in [1.29, 1.82) is 0 Å². The third kappa shape index (κ3) is 4.44. The van der Waals surface area contributed by atoms with Crippen LogP contribution in [0.4, 0.5) is 15.9 Å². The molecule has 6 heteroatoms. The van der Waals surface area contributed by atoms with E-state index < -0.39 is 11.7 Å². The average Bonchev–Trinajstić information content (AvgIpc) is 2.54. The molecule has 0 bridgehead atoms. The van der Waals surface area contributed by atoms with Crippen LogP contribution in [0.15, 0.2) is 30.3 Å². The fourth-order valence-corrected chi connectivity index (χ4v) is 2.21. The van der Waals surface area contributed by atoms with Crippen molar-refractivity contribution in [2.24, 2.45) is 0 Å². The lowest BCUT2D eigenvalue weighted by Gasteiger charge is -2.12. The lowest BCUT2D eigenvalue weighted by molar-refractivity contribution is 0.102. The van der Waals surface area contributed by atoms with Gasteiger partial charge in [0.25, 0.3) is 5.91 Å². The highest BCUT2D eigenvalue weighted by molar-refractivity contribution is 6.07. The summed E-state index contributed by atoms with van der Waals surface area (Å²) in [7, 11) is 0. The van der Waals surface area contributed by atoms with Crippen LogP contribution >= 0.6 is 0 Å². The molecule has 0 spiro atoms. The van der Waals surface area contributed by atoms with E-state index in [0.717, 1.165) is 19.3 Å². The topological polar surface area (TPSA) is 77.2 Å². The highest BCUT2D eigenvalue weighted by atomic mass is 19.1. The highest BCUT2D eigenvalue weighted by Gasteiger charge is 2.15. The lowest BCUT2D eigenvalue weighted by Crippen LogP contribution is -2.16. The third-order valence-corrected chi connectivity index (χ3v) is 3.53. The highest BCUT2D eigenvalue weighted by Crippen LogP contribution is 2.25. The fraction of sp³-hybridized carbons (Fsp3) is 0.333. The molecule has 0 atom stereocenters. The van der Waals surface area contributed by atoms with Gasteiger partial charge in [-0.25, -0.2) is 9.37 Å². The number of pyridine rings is 1. The Balaban J connectivity index is 2.10. The maximum absolute atomic E-state index is 14.4. The van der Waals surface area contributed by atoms with Crippen molar-refractivity contribution < 1.29 is 13.9 Å². The van der Waals surface area contributed by atoms with E-state index in [2.05, 4.69) is 17.2 Å². The molecular weight excluding hydrogens is 309 g/mol. The number of nitrogens with zero attached hydrogens (tertiary/aromatic N) is 1. The molecule has 0 aliphatic carbocycles. The van der Waals surface area contributed by atoms with Crippen molar-refractivity contribution >= 4 is 17.4 Å². The zero-order valence-corrected chi connectivity index (χ0v) is 13.9. The Hall–Kier alpha value is -2.63. The standard InChI is InChI=1S/C18H22FN3O2/c1-3-4-5-11-24-15-8-6-7-14(16(15)19)22-18(23)13-10-9-12(2)21-17(13)20/h6-10H,3-5,11H2,1-2H3,(H2,20,21)(H,22,23). The number of anilines is 2. The minimum atomic E-state index is -0.596. The van der Waals surface area contributed by atoms with Gasteiger partial charge in [0, 0.05) is 5.69 Å². The number of carbonyl (C=O) groups excluding carboxylic acids is 1. The van der Waals surface area contributed by atoms with E-state index in [0.29, 0.717) is 12.3 Å². The Morgan fingerprint density at radius 1 is 1.29 bits per heavy atom. The molecule has 0 unspecified atom stereocenters. The largest absolute Gasteiger partial charge is 0.490 e. The van der Waals surface area contributed by atoms with E-state index in [1.165, 1.54) is 6.07 Å². The summed E-state index contributed by atoms with van der Waals surface area (Å²) in [5.74, 6) is -0.873. The third-order valence-electron chi connectivity index (χ3n) is 3.53. The number of halogens is 1. The minimum absolute atomic E-state index is 0.0490. The van der Waals surface area contributed by atoms with Crippen molar-refractivity contribution in [3.05, 3.63) is 47.4 Å². The second kappa shape index (κ2) is 8.29. The number of aryl methyl sites for hydroxylation is 1. The van der Waals surface area contributed by atoms with Crippen LogP contribution in [0.2, 0.25) is 0 Å². The van der Waals surface area contributed by atoms with Gasteiger partial charge in [0.1, 0.15) is 5.82 Å². The second-order valence-electron chi connectivity index (χ2n) is 5.51. The lowest BCUT2D eigenvalue weighted by atomic mass is 10.2. The van der Waals surface area contributed by atoms with Crippen molar-refractivity contribution in [2.45, 2.75) is 33.1 Å². The summed E-state index contributed by atoms with van der Waals surface area (Å²) in [6, 6.07) is 7.89. The normalized spacial score (nSPS) is 10.5. The maximum atomic E-state index is 14.4. The van der Waals surface area contributed by atoms with Gasteiger partial charge in [-0.1, -0.05) is 25.8 Å². The zero-order chi connectivity index (χ0) is 17.5. The van der Waals surface area contributed by atoms with Gasteiger partial charge in [-0.2, -0.15) is 0 Å². The van der Waals surface area contributed by atoms with Gasteiger partial charge in [-0.3, -0.25) is 4.79 Å². The van der Waals surface area contributed by atoms with Crippen LogP contribution in [0.3, 0.4) is 0 Å². The average molecular weight is 331 g/mol. The van der Waals surface area contributed by atoms with E-state index in [1.807, 2.05) is 0 Å². The Bertz CT molecular complexity index is 719. The van der Waals surface area contributed by atoms with Crippen LogP contribution in [-0.4, -0.2) is 17.5 Å². The van der Waals surface area contributed by atoms with Crippen LogP contribution in [-0.2, 0) is 0 Å². The number of nitrogen functional groups attached to an aromatic ring is 1. The number of ether oxygens (including phenoxy) is 1. The summed E-state index contributed by atoms with van der Waals surface area (Å²) in [6.45, 7) is 4.30. The fourth-order valence-electron chi connectivity index (χ4n) is 2.21. The summed E-state index contributed by atoms with van der Waals surface area (Å²) >= 11 is 0. The summed E-state index contributed by atoms with van der Waals surface area (Å²) < 4.78 is 19.9. The quantitative estimate of drug-likeness (QED) is 0.754. The van der Waals surface area contributed by atoms with Gasteiger partial charge in [-0.15, -0.1) is 0 Å². The van der Waals surface area contributed by atoms with Gasteiger partial charge < -0.3 is 15.8 Å². The Morgan fingerprint density at radius 2 is 2.08 bits per heavy atom. The molecule has 1 amide bonds. The summed E-state index contributed by atoms with van der Waals surface area (Å²) in [6.07, 6.45) is 2.95. The number of hydrogen-bond donors (Lipinski definition) is 2. The zero-order valence-electron chi connectivity index (χ0n) is 13.9. The Labute approximate surface area is 141 Å². The molecule has 24 heavy (non-hydrogen) atoms. The summed E-state index contributed by atoms with van der Waals surface area (Å²) in [5.41, 5.74) is 6.71. The molecule has 128 valence electrons. The molecule has 1 aromatic heterocycles. The molecule has 1 heterocycles. The Morgan fingerprint density at radius 3 is 2.79 bits per heavy atom. The number of unbranched alkanes of at least 4 members (excludes halogenated alkanes) is 2. The number of nitrogens with one attached hydrogen (secondary N) is 1. The smallest absolute Gasteiger partial charge is 0.259 e. The van der Waals surface area contributed by atoms with Gasteiger partial charge in [-0.05, 0) is 37.6 Å². The number of rotatable bonds is 7. The molecule has 0 fully saturated rings. The van der Waals surface area contributed by atoms with Crippen LogP contribution in [0.5, 0.6) is 5.75 Å². The second-order valence-corrected chi connectivity index (χ2v) is 5.51. The number of hydrogen-bond acceptors (Lipinski definition) is 4. The number of nitrogens with two attached hydrogens (primary N) is 1. The predicted octanol–water partition coefficient (Wildman–Crippen LogP) is 3.93. The van der Waals surface area contributed by atoms with Crippen molar-refractivity contribution in [2.75, 3.05) is 17.7 Å². The van der Waals surface area contributed by atoms with Crippen LogP contribution < -0.4 is 15.8 Å². The van der Waals surface area contributed by atoms with Crippen molar-refractivity contribution in [3.8, 4) is 5.75 Å². The first kappa shape index (κ1) is 17.7. The van der Waals surface area contributed by atoms with Gasteiger partial charge in [0.15, 0.2) is 11.6 Å². The van der Waals surface area contributed by atoms with E-state index in [9.17, 15) is 9.18 Å². The van der Waals surface area contributed by atoms with Crippen molar-refractivity contribution in [3.63, 3.8) is 0 Å². The molecule has 0 radical (unpaired) electrons. The van der Waals surface area contributed by atoms with Crippen LogP contribution in [0, 0.1) is 12.7 Å². The van der Waals surface area contributed by atoms with E-state index in [-0.39, 0.29) is 22.8 Å². The first-order valence-corrected chi connectivity index (χ1v) is 7.98. The Kier molecular flexibility index (Phi) is 6.12. The predicted molar refractivity (Wildman–Crippen MR) is 92.8 cm³/mol. The minimum Gasteiger partial charge on any atom is -0.490 e. The van der Waals surface area contributed by atoms with Crippen LogP contribution in [0.1, 0.15) is 42.2 Å². The van der Waals surface area contributed by atoms with Crippen LogP contribution in [0.25, 0.3) is 0 Å². The molecule has 0 saturated heterocycles. The molecule has 0 aliphatic rings. The first-order valence-electron chi connectivity index (χ1n) is 7.98. The monoisotopic (exact) mass is 331 g/mol. The molecule has 1 aromatic carbocycles. The van der Waals surface area contributed by atoms with E-state index >= 15 is 0 Å². The molecule has 3 N–H and O–H groups in total. The van der Waals surface area contributed by atoms with Gasteiger partial charge in [0.05, 0.1) is 17.9 Å². The molecular formula is C18H22FN3O2. The molecule has 5 nitrogen and oxygen atoms in total. The SMILES string of the molecule is CCCCCOc1cccc(NC(=O)c2ccc(C)nc2N)c1F. The maximum Gasteiger partial charge on any atom is 0.259 e. The van der Waals surface area contributed by atoms with Gasteiger partial charge >= 0.3 is 0 Å². The van der Waals surface area contributed by atoms with E-state index in [1.54, 1.807) is 31.2 Å². The van der Waals surface area contributed by atoms with Crippen molar-refractivity contribution in [1.82, 2.24) is 4.98 Å². The summed E-state index contributed by atoms with van der Waals surface area (Å²) in [4.78, 5) is 16.3. The molecule has 2 rings (SSSR count). The van der Waals surface area contributed by atoms with Gasteiger partial charge in [0.2, 0.25) is 0 Å². The number of carbonyl (C=O) groups is 1. The molecule has 2 aromatic rings. The number of amides is 1. The number of benzene rings is 1. The summed E-state index contributed by atoms with van der Waals surface area (Å²) in [5, 5.41) is 2.51. The molecule has 0 aliphatic heterocycles. The van der Waals surface area contributed by atoms with E-state index in [4.69, 9.17) is 10.5 Å². The molecule has 0 saturated carbocycles. The number of aromatic nitrogens is 1.